The van der Waals surface area contributed by atoms with Crippen LogP contribution < -0.4 is 0 Å². The van der Waals surface area contributed by atoms with Gasteiger partial charge in [-0.25, -0.2) is 4.39 Å². The van der Waals surface area contributed by atoms with E-state index >= 15 is 0 Å². The van der Waals surface area contributed by atoms with Crippen molar-refractivity contribution in [1.82, 2.24) is 0 Å². The number of alkyl halides is 2. The first-order valence-corrected chi connectivity index (χ1v) is 4.30. The van der Waals surface area contributed by atoms with E-state index in [0.29, 0.717) is 19.3 Å². The fourth-order valence-corrected chi connectivity index (χ4v) is 2.77. The second kappa shape index (κ2) is 1.91. The zero-order valence-corrected chi connectivity index (χ0v) is 7.16. The number of hydrogen-bond acceptors (Lipinski definition) is 1. The van der Waals surface area contributed by atoms with Gasteiger partial charge in [-0.2, -0.15) is 0 Å². The van der Waals surface area contributed by atoms with Crippen LogP contribution in [0.1, 0.15) is 27.6 Å². The molecular formula is C8H12ClFO. The molecule has 1 nitrogen and oxygen atoms in total. The second-order valence-electron chi connectivity index (χ2n) is 3.82. The number of hydrogen-bond donors (Lipinski definition) is 1. The maximum absolute atomic E-state index is 13.5. The molecule has 2 rings (SSSR count). The number of aliphatic hydroxyl groups is 1. The van der Waals surface area contributed by atoms with Gasteiger partial charge in [-0.1, -0.05) is 24.9 Å². The zero-order chi connectivity index (χ0) is 9.20. The molecule has 0 aromatic heterocycles. The van der Waals surface area contributed by atoms with E-state index in [0.717, 1.165) is 0 Å². The Balaban J connectivity index is 2.31. The van der Waals surface area contributed by atoms with Crippen LogP contribution in [0.4, 0.5) is 4.39 Å². The first-order valence-electron chi connectivity index (χ1n) is 4.42. The largest absolute Gasteiger partial charge is 0.393 e. The van der Waals surface area contributed by atoms with Crippen molar-refractivity contribution in [2.24, 2.45) is 11.3 Å². The van der Waals surface area contributed by atoms with E-state index in [4.69, 9.17) is 13.0 Å². The van der Waals surface area contributed by atoms with E-state index < -0.39 is 22.5 Å². The predicted octanol–water partition coefficient (Wildman–Crippen LogP) is 2.07. The summed E-state index contributed by atoms with van der Waals surface area (Å²) in [6, 6.07) is 0. The summed E-state index contributed by atoms with van der Waals surface area (Å²) in [7, 11) is 0. The van der Waals surface area contributed by atoms with Gasteiger partial charge in [0.05, 0.1) is 7.45 Å². The number of rotatable bonds is 0. The van der Waals surface area contributed by atoms with Crippen molar-refractivity contribution in [3.8, 4) is 0 Å². The smallest absolute Gasteiger partial charge is 0.195 e. The lowest BCUT2D eigenvalue weighted by Gasteiger charge is -2.19. The Hall–Kier alpha value is 0.180. The first-order chi connectivity index (χ1) is 5.32. The lowest BCUT2D eigenvalue weighted by Crippen LogP contribution is -2.19. The molecule has 0 radical (unpaired) electrons. The molecule has 2 saturated carbocycles. The lowest BCUT2D eigenvalue weighted by molar-refractivity contribution is 0.0954. The highest BCUT2D eigenvalue weighted by Crippen LogP contribution is 2.73. The Labute approximate surface area is 72.0 Å². The predicted molar refractivity (Wildman–Crippen MR) is 41.1 cm³/mol. The molecule has 2 aliphatic rings. The molecule has 2 aliphatic carbocycles. The molecule has 0 spiro atoms. The van der Waals surface area contributed by atoms with Crippen LogP contribution in [0.15, 0.2) is 0 Å². The van der Waals surface area contributed by atoms with Gasteiger partial charge >= 0.3 is 0 Å². The highest BCUT2D eigenvalue weighted by atomic mass is 35.5. The van der Waals surface area contributed by atoms with Gasteiger partial charge in [0.2, 0.25) is 0 Å². The van der Waals surface area contributed by atoms with Crippen molar-refractivity contribution in [2.45, 2.75) is 37.4 Å². The molecule has 0 saturated heterocycles. The quantitative estimate of drug-likeness (QED) is 0.565. The Bertz CT molecular complexity index is 223. The maximum Gasteiger partial charge on any atom is 0.195 e. The average Bonchev–Trinajstić information content (AvgIpc) is 2.26. The van der Waals surface area contributed by atoms with Crippen molar-refractivity contribution >= 4 is 11.6 Å². The van der Waals surface area contributed by atoms with Gasteiger partial charge in [-0.15, -0.1) is 0 Å². The minimum absolute atomic E-state index is 0.339. The highest BCUT2D eigenvalue weighted by Gasteiger charge is 2.77. The van der Waals surface area contributed by atoms with Crippen LogP contribution >= 0.6 is 11.6 Å². The van der Waals surface area contributed by atoms with Crippen LogP contribution in [0, 0.1) is 11.3 Å². The molecular weight excluding hydrogens is 167 g/mol. The van der Waals surface area contributed by atoms with E-state index in [1.54, 1.807) is 6.92 Å². The van der Waals surface area contributed by atoms with Crippen molar-refractivity contribution in [3.63, 3.8) is 0 Å². The molecule has 0 heterocycles. The van der Waals surface area contributed by atoms with Crippen LogP contribution in [0.5, 0.6) is 0 Å². The van der Waals surface area contributed by atoms with Gasteiger partial charge in [0, 0.05) is 11.3 Å². The standard InChI is InChI=1S/C8H12ClFO/c1-7-4-2-3-5(11)6(7)8(7,9)10/h5-6,11H,2-4H2,1H3/t5-,6?,7-,8+/m0/s1/i5D. The summed E-state index contributed by atoms with van der Waals surface area (Å²) in [5, 5.41) is 7.68. The van der Waals surface area contributed by atoms with Crippen LogP contribution in [-0.2, 0) is 0 Å². The molecule has 0 aromatic carbocycles. The number of halogens is 2. The minimum Gasteiger partial charge on any atom is -0.393 e. The molecule has 0 amide bonds. The fraction of sp³-hybridized carbons (Fsp3) is 1.00. The molecule has 0 aliphatic heterocycles. The van der Waals surface area contributed by atoms with Crippen molar-refractivity contribution in [2.75, 3.05) is 0 Å². The molecule has 1 N–H and O–H groups in total. The highest BCUT2D eigenvalue weighted by molar-refractivity contribution is 6.26. The summed E-state index contributed by atoms with van der Waals surface area (Å²) < 4.78 is 21.0. The van der Waals surface area contributed by atoms with Crippen LogP contribution in [0.25, 0.3) is 0 Å². The van der Waals surface area contributed by atoms with Gasteiger partial charge < -0.3 is 5.11 Å². The average molecular weight is 180 g/mol. The van der Waals surface area contributed by atoms with Crippen molar-refractivity contribution < 1.29 is 10.9 Å². The van der Waals surface area contributed by atoms with Crippen LogP contribution in [-0.4, -0.2) is 16.3 Å². The molecule has 0 bridgehead atoms. The van der Waals surface area contributed by atoms with Crippen LogP contribution in [0.3, 0.4) is 0 Å². The summed E-state index contributed by atoms with van der Waals surface area (Å²) in [5.74, 6) is -0.701. The summed E-state index contributed by atoms with van der Waals surface area (Å²) in [6.07, 6.45) is 0.0550. The van der Waals surface area contributed by atoms with Crippen LogP contribution in [0.2, 0.25) is 0 Å². The SMILES string of the molecule is [2H][C@]1(O)CCC[C@@]2(C)C1[C@]2(F)Cl. The molecule has 64 valence electrons. The number of fused-ring (bicyclic) bond motifs is 1. The third kappa shape index (κ3) is 0.748. The maximum atomic E-state index is 13.5. The normalized spacial score (nSPS) is 70.2. The first kappa shape index (κ1) is 6.67. The lowest BCUT2D eigenvalue weighted by atomic mass is 9.88. The molecule has 11 heavy (non-hydrogen) atoms. The monoisotopic (exact) mass is 179 g/mol. The van der Waals surface area contributed by atoms with E-state index in [1.165, 1.54) is 0 Å². The summed E-state index contributed by atoms with van der Waals surface area (Å²) >= 11 is 5.59. The molecule has 3 heteroatoms. The van der Waals surface area contributed by atoms with E-state index in [-0.39, 0.29) is 0 Å². The Kier molecular flexibility index (Phi) is 1.16. The Morgan fingerprint density at radius 2 is 2.45 bits per heavy atom. The fourth-order valence-electron chi connectivity index (χ4n) is 2.25. The van der Waals surface area contributed by atoms with Crippen molar-refractivity contribution in [1.29, 1.82) is 0 Å². The molecule has 0 aromatic rings. The van der Waals surface area contributed by atoms with Gasteiger partial charge in [0.15, 0.2) is 5.13 Å². The third-order valence-electron chi connectivity index (χ3n) is 3.14. The Morgan fingerprint density at radius 3 is 2.91 bits per heavy atom. The van der Waals surface area contributed by atoms with E-state index in [2.05, 4.69) is 0 Å². The molecule has 1 unspecified atom stereocenters. The minimum atomic E-state index is -1.85. The van der Waals surface area contributed by atoms with E-state index in [1.807, 2.05) is 0 Å². The van der Waals surface area contributed by atoms with Gasteiger partial charge in [0.1, 0.15) is 0 Å². The van der Waals surface area contributed by atoms with Gasteiger partial charge in [0.25, 0.3) is 0 Å². The second-order valence-corrected chi connectivity index (χ2v) is 4.37. The van der Waals surface area contributed by atoms with Gasteiger partial charge in [-0.05, 0) is 12.8 Å². The molecule has 4 atom stereocenters. The van der Waals surface area contributed by atoms with E-state index in [9.17, 15) is 9.50 Å². The molecule has 2 fully saturated rings. The van der Waals surface area contributed by atoms with Crippen molar-refractivity contribution in [3.05, 3.63) is 0 Å². The van der Waals surface area contributed by atoms with Gasteiger partial charge in [-0.3, -0.25) is 0 Å². The summed E-state index contributed by atoms with van der Waals surface area (Å²) in [6.45, 7) is 1.71. The zero-order valence-electron chi connectivity index (χ0n) is 7.40. The topological polar surface area (TPSA) is 20.2 Å². The Morgan fingerprint density at radius 1 is 1.82 bits per heavy atom. The summed E-state index contributed by atoms with van der Waals surface area (Å²) in [4.78, 5) is 0. The third-order valence-corrected chi connectivity index (χ3v) is 3.79. The summed E-state index contributed by atoms with van der Waals surface area (Å²) in [5.41, 5.74) is -0.663.